The summed E-state index contributed by atoms with van der Waals surface area (Å²) in [6.07, 6.45) is 2.82. The van der Waals surface area contributed by atoms with E-state index < -0.39 is 0 Å². The number of carbonyl (C=O) groups is 2. The molecule has 1 amide bonds. The molecule has 4 aromatic rings. The number of hydrogen-bond acceptors (Lipinski definition) is 8. The highest BCUT2D eigenvalue weighted by Gasteiger charge is 2.25. The van der Waals surface area contributed by atoms with E-state index in [2.05, 4.69) is 27.3 Å². The molecule has 0 atom stereocenters. The quantitative estimate of drug-likeness (QED) is 0.230. The van der Waals surface area contributed by atoms with Gasteiger partial charge in [0.2, 0.25) is 11.7 Å². The first-order chi connectivity index (χ1) is 16.7. The van der Waals surface area contributed by atoms with Crippen LogP contribution in [0.25, 0.3) is 10.2 Å². The topological polar surface area (TPSA) is 107 Å². The highest BCUT2D eigenvalue weighted by molar-refractivity contribution is 7.21. The normalized spacial score (nSPS) is 10.8. The number of benzene rings is 1. The number of nitrogens with one attached hydrogen (secondary N) is 2. The van der Waals surface area contributed by atoms with Crippen molar-refractivity contribution in [3.05, 3.63) is 63.6 Å². The van der Waals surface area contributed by atoms with Crippen LogP contribution in [0.2, 0.25) is 10.0 Å². The number of rotatable bonds is 8. The molecule has 4 rings (SSSR count). The Morgan fingerprint density at radius 2 is 1.83 bits per heavy atom. The fourth-order valence-electron chi connectivity index (χ4n) is 3.29. The van der Waals surface area contributed by atoms with Crippen LogP contribution in [-0.2, 0) is 11.8 Å². The molecule has 0 aliphatic rings. The number of thiophene rings is 1. The third-order valence-electron chi connectivity index (χ3n) is 4.92. The van der Waals surface area contributed by atoms with Gasteiger partial charge in [-0.15, -0.1) is 11.3 Å². The molecule has 0 saturated heterocycles. The predicted octanol–water partition coefficient (Wildman–Crippen LogP) is 5.45. The van der Waals surface area contributed by atoms with Crippen LogP contribution < -0.4 is 20.1 Å². The first-order valence-electron chi connectivity index (χ1n) is 10.0. The second-order valence-electron chi connectivity index (χ2n) is 7.19. The van der Waals surface area contributed by atoms with Gasteiger partial charge in [0.25, 0.3) is 0 Å². The summed E-state index contributed by atoms with van der Waals surface area (Å²) >= 11 is 14.1. The third-order valence-corrected chi connectivity index (χ3v) is 6.76. The molecule has 0 fully saturated rings. The molecule has 180 valence electrons. The van der Waals surface area contributed by atoms with E-state index in [1.807, 2.05) is 6.07 Å². The van der Waals surface area contributed by atoms with E-state index in [9.17, 15) is 9.59 Å². The summed E-state index contributed by atoms with van der Waals surface area (Å²) in [4.78, 5) is 30.0. The maximum absolute atomic E-state index is 13.4. The molecule has 0 unspecified atom stereocenters. The highest BCUT2D eigenvalue weighted by Crippen LogP contribution is 2.42. The Labute approximate surface area is 214 Å². The number of halogens is 2. The van der Waals surface area contributed by atoms with Gasteiger partial charge in [-0.25, -0.2) is 4.98 Å². The molecular weight excluding hydrogens is 513 g/mol. The molecule has 0 saturated carbocycles. The summed E-state index contributed by atoms with van der Waals surface area (Å²) in [6, 6.07) is 6.75. The number of anilines is 3. The smallest absolute Gasteiger partial charge is 0.247 e. The Kier molecular flexibility index (Phi) is 6.97. The van der Waals surface area contributed by atoms with Crippen molar-refractivity contribution in [1.82, 2.24) is 14.8 Å². The monoisotopic (exact) mass is 531 g/mol. The number of ether oxygens (including phenoxy) is 2. The van der Waals surface area contributed by atoms with E-state index in [0.29, 0.717) is 27.7 Å². The Bertz CT molecular complexity index is 1450. The molecule has 0 aliphatic heterocycles. The van der Waals surface area contributed by atoms with Crippen molar-refractivity contribution in [1.29, 1.82) is 0 Å². The van der Waals surface area contributed by atoms with E-state index in [1.54, 1.807) is 30.1 Å². The molecule has 3 heterocycles. The Morgan fingerprint density at radius 3 is 2.46 bits per heavy atom. The molecule has 1 aromatic carbocycles. The molecule has 12 heteroatoms. The van der Waals surface area contributed by atoms with Gasteiger partial charge in [0, 0.05) is 13.1 Å². The van der Waals surface area contributed by atoms with Crippen molar-refractivity contribution < 1.29 is 19.1 Å². The van der Waals surface area contributed by atoms with Gasteiger partial charge in [-0.1, -0.05) is 29.8 Å². The maximum Gasteiger partial charge on any atom is 0.247 e. The number of aromatic nitrogens is 3. The zero-order chi connectivity index (χ0) is 25.3. The number of nitrogens with zero attached hydrogens (tertiary/aromatic N) is 3. The maximum atomic E-state index is 13.4. The van der Waals surface area contributed by atoms with Crippen LogP contribution in [0.3, 0.4) is 0 Å². The number of ketones is 1. The number of aryl methyl sites for hydroxylation is 1. The Morgan fingerprint density at radius 1 is 1.14 bits per heavy atom. The van der Waals surface area contributed by atoms with E-state index in [1.165, 1.54) is 37.7 Å². The lowest BCUT2D eigenvalue weighted by Gasteiger charge is -2.13. The first kappa shape index (κ1) is 24.5. The third kappa shape index (κ3) is 4.81. The van der Waals surface area contributed by atoms with Crippen molar-refractivity contribution in [3.8, 4) is 11.5 Å². The molecule has 9 nitrogen and oxygen atoms in total. The van der Waals surface area contributed by atoms with Crippen LogP contribution in [-0.4, -0.2) is 40.7 Å². The fourth-order valence-corrected chi connectivity index (χ4v) is 4.91. The molecule has 0 spiro atoms. The van der Waals surface area contributed by atoms with Gasteiger partial charge in [0.1, 0.15) is 23.0 Å². The van der Waals surface area contributed by atoms with Crippen LogP contribution in [0.4, 0.5) is 17.3 Å². The van der Waals surface area contributed by atoms with Gasteiger partial charge in [-0.05, 0) is 24.3 Å². The van der Waals surface area contributed by atoms with Crippen molar-refractivity contribution >= 4 is 73.8 Å². The molecule has 35 heavy (non-hydrogen) atoms. The standard InChI is InChI=1S/C23H19Cl2N5O4S/c1-5-18(31)27-12-10-30(2)29-23(12)28-17-7-6-15-11(26-17)8-16(35-15)22(32)19-20(24)13(33-3)9-14(34-4)21(19)25/h5-10H,1H2,2-4H3,(H,27,31)(H,26,28,29). The summed E-state index contributed by atoms with van der Waals surface area (Å²) in [5, 5.41) is 10.3. The predicted molar refractivity (Wildman–Crippen MR) is 138 cm³/mol. The lowest BCUT2D eigenvalue weighted by atomic mass is 10.1. The second-order valence-corrected chi connectivity index (χ2v) is 9.03. The van der Waals surface area contributed by atoms with E-state index in [0.717, 1.165) is 4.70 Å². The summed E-state index contributed by atoms with van der Waals surface area (Å²) in [7, 11) is 4.61. The second kappa shape index (κ2) is 9.95. The lowest BCUT2D eigenvalue weighted by molar-refractivity contribution is -0.111. The molecule has 0 aliphatic carbocycles. The van der Waals surface area contributed by atoms with E-state index in [-0.39, 0.29) is 38.8 Å². The van der Waals surface area contributed by atoms with Crippen molar-refractivity contribution in [2.75, 3.05) is 24.9 Å². The van der Waals surface area contributed by atoms with Crippen LogP contribution in [0.5, 0.6) is 11.5 Å². The number of carbonyl (C=O) groups excluding carboxylic acids is 2. The minimum atomic E-state index is -0.381. The summed E-state index contributed by atoms with van der Waals surface area (Å²) < 4.78 is 12.9. The number of methoxy groups -OCH3 is 2. The SMILES string of the molecule is C=CC(=O)Nc1cn(C)nc1Nc1ccc2sc(C(=O)c3c(Cl)c(OC)cc(OC)c3Cl)cc2n1. The minimum Gasteiger partial charge on any atom is -0.495 e. The van der Waals surface area contributed by atoms with Crippen molar-refractivity contribution in [2.24, 2.45) is 7.05 Å². The number of amides is 1. The lowest BCUT2D eigenvalue weighted by Crippen LogP contribution is -2.08. The summed E-state index contributed by atoms with van der Waals surface area (Å²) in [5.41, 5.74) is 1.14. The molecule has 3 aromatic heterocycles. The fraction of sp³-hybridized carbons (Fsp3) is 0.130. The zero-order valence-corrected chi connectivity index (χ0v) is 21.1. The molecule has 0 bridgehead atoms. The van der Waals surface area contributed by atoms with Crippen molar-refractivity contribution in [3.63, 3.8) is 0 Å². The van der Waals surface area contributed by atoms with Crippen molar-refractivity contribution in [2.45, 2.75) is 0 Å². The van der Waals surface area contributed by atoms with Gasteiger partial charge < -0.3 is 20.1 Å². The van der Waals surface area contributed by atoms with Gasteiger partial charge >= 0.3 is 0 Å². The van der Waals surface area contributed by atoms with E-state index >= 15 is 0 Å². The Hall–Kier alpha value is -3.60. The zero-order valence-electron chi connectivity index (χ0n) is 18.8. The summed E-state index contributed by atoms with van der Waals surface area (Å²) in [5.74, 6) is 0.684. The minimum absolute atomic E-state index is 0.0884. The number of fused-ring (bicyclic) bond motifs is 1. The summed E-state index contributed by atoms with van der Waals surface area (Å²) in [6.45, 7) is 3.45. The largest absolute Gasteiger partial charge is 0.495 e. The number of hydrogen-bond donors (Lipinski definition) is 2. The highest BCUT2D eigenvalue weighted by atomic mass is 35.5. The Balaban J connectivity index is 1.68. The average molecular weight is 532 g/mol. The van der Waals surface area contributed by atoms with Gasteiger partial charge in [0.05, 0.1) is 51.1 Å². The van der Waals surface area contributed by atoms with Crippen LogP contribution in [0.15, 0.2) is 43.1 Å². The van der Waals surface area contributed by atoms with Gasteiger partial charge in [0.15, 0.2) is 5.82 Å². The first-order valence-corrected chi connectivity index (χ1v) is 11.6. The van der Waals surface area contributed by atoms with Gasteiger partial charge in [-0.3, -0.25) is 14.3 Å². The van der Waals surface area contributed by atoms with Gasteiger partial charge in [-0.2, -0.15) is 5.10 Å². The van der Waals surface area contributed by atoms with E-state index in [4.69, 9.17) is 32.7 Å². The van der Waals surface area contributed by atoms with Crippen LogP contribution in [0.1, 0.15) is 15.2 Å². The van der Waals surface area contributed by atoms with Crippen LogP contribution in [0, 0.1) is 0 Å². The molecule has 0 radical (unpaired) electrons. The molecule has 2 N–H and O–H groups in total. The van der Waals surface area contributed by atoms with Crippen LogP contribution >= 0.6 is 34.5 Å². The molecular formula is C23H19Cl2N5O4S. The number of pyridine rings is 1. The average Bonchev–Trinajstić information content (AvgIpc) is 3.41.